The van der Waals surface area contributed by atoms with E-state index >= 15 is 0 Å². The van der Waals surface area contributed by atoms with E-state index in [-0.39, 0.29) is 5.00 Å². The molecular formula is C5H5NO3S. The molecule has 1 rings (SSSR count). The summed E-state index contributed by atoms with van der Waals surface area (Å²) < 4.78 is 0. The molecule has 1 aromatic rings. The molecule has 0 amide bonds. The largest absolute Gasteiger partial charge is 0.324 e. The Morgan fingerprint density at radius 2 is 2.20 bits per heavy atom. The van der Waals surface area contributed by atoms with Gasteiger partial charge >= 0.3 is 5.00 Å². The third-order valence-corrected chi connectivity index (χ3v) is 1.51. The zero-order chi connectivity index (χ0) is 7.98. The highest BCUT2D eigenvalue weighted by Crippen LogP contribution is 2.16. The lowest BCUT2D eigenvalue weighted by molar-refractivity contribution is -0.380. The highest BCUT2D eigenvalue weighted by atomic mass is 32.1. The summed E-state index contributed by atoms with van der Waals surface area (Å²) in [5.41, 5.74) is 0. The molecule has 0 saturated carbocycles. The van der Waals surface area contributed by atoms with E-state index in [1.165, 1.54) is 6.07 Å². The maximum atomic E-state index is 9.88. The summed E-state index contributed by atoms with van der Waals surface area (Å²) in [6, 6.07) is 3.13. The number of rotatable bonds is 1. The Morgan fingerprint density at radius 3 is 2.40 bits per heavy atom. The van der Waals surface area contributed by atoms with Gasteiger partial charge in [-0.05, 0) is 11.4 Å². The lowest BCUT2D eigenvalue weighted by Crippen LogP contribution is -1.80. The van der Waals surface area contributed by atoms with Gasteiger partial charge in [0.15, 0.2) is 0 Å². The molecule has 4 nitrogen and oxygen atoms in total. The molecule has 0 aliphatic carbocycles. The van der Waals surface area contributed by atoms with E-state index in [0.717, 1.165) is 11.3 Å². The van der Waals surface area contributed by atoms with Gasteiger partial charge in [-0.25, -0.2) is 0 Å². The molecule has 0 spiro atoms. The molecule has 0 fully saturated rings. The first kappa shape index (κ1) is 8.77. The summed E-state index contributed by atoms with van der Waals surface area (Å²) in [5.74, 6) is 0. The van der Waals surface area contributed by atoms with E-state index in [2.05, 4.69) is 0 Å². The normalized spacial score (nSPS) is 7.60. The van der Waals surface area contributed by atoms with Gasteiger partial charge in [-0.1, -0.05) is 11.3 Å². The number of nitrogens with zero attached hydrogens (tertiary/aromatic N) is 1. The van der Waals surface area contributed by atoms with Gasteiger partial charge in [0.2, 0.25) is 0 Å². The maximum Gasteiger partial charge on any atom is 0.324 e. The van der Waals surface area contributed by atoms with E-state index in [4.69, 9.17) is 4.79 Å². The molecule has 1 heterocycles. The molecule has 1 aromatic heterocycles. The number of thiophene rings is 1. The molecular weight excluding hydrogens is 154 g/mol. The van der Waals surface area contributed by atoms with Crippen LogP contribution in [0.15, 0.2) is 17.5 Å². The Hall–Kier alpha value is -1.23. The van der Waals surface area contributed by atoms with Crippen LogP contribution in [0.3, 0.4) is 0 Å². The first-order chi connectivity index (χ1) is 4.80. The quantitative estimate of drug-likeness (QED) is 0.460. The van der Waals surface area contributed by atoms with Gasteiger partial charge in [0, 0.05) is 6.07 Å². The first-order valence-electron chi connectivity index (χ1n) is 2.27. The van der Waals surface area contributed by atoms with Gasteiger partial charge in [0.25, 0.3) is 0 Å². The van der Waals surface area contributed by atoms with Crippen molar-refractivity contribution >= 4 is 23.1 Å². The summed E-state index contributed by atoms with van der Waals surface area (Å²) >= 11 is 1.13. The van der Waals surface area contributed by atoms with Crippen molar-refractivity contribution in [1.82, 2.24) is 0 Å². The van der Waals surface area contributed by atoms with Crippen LogP contribution in [-0.2, 0) is 4.79 Å². The van der Waals surface area contributed by atoms with Crippen molar-refractivity contribution in [2.75, 3.05) is 0 Å². The third-order valence-electron chi connectivity index (χ3n) is 0.686. The summed E-state index contributed by atoms with van der Waals surface area (Å²) in [6.45, 7) is 2.00. The van der Waals surface area contributed by atoms with Crippen LogP contribution in [0, 0.1) is 10.1 Å². The van der Waals surface area contributed by atoms with Crippen LogP contribution in [0.2, 0.25) is 0 Å². The lowest BCUT2D eigenvalue weighted by Gasteiger charge is -1.76. The fourth-order valence-corrected chi connectivity index (χ4v) is 0.914. The molecule has 0 atom stereocenters. The van der Waals surface area contributed by atoms with Crippen molar-refractivity contribution in [3.63, 3.8) is 0 Å². The van der Waals surface area contributed by atoms with Gasteiger partial charge in [-0.2, -0.15) is 0 Å². The Balaban J connectivity index is 0.000000371. The Labute approximate surface area is 61.3 Å². The number of carbonyl (C=O) groups is 1. The standard InChI is InChI=1S/C4H3NO2S.CH2O/c6-5(7)4-2-1-3-8-4;1-2/h1-3H;1H2. The monoisotopic (exact) mass is 159 g/mol. The van der Waals surface area contributed by atoms with Crippen LogP contribution in [0.1, 0.15) is 0 Å². The molecule has 0 saturated heterocycles. The average Bonchev–Trinajstić information content (AvgIpc) is 2.42. The zero-order valence-corrected chi connectivity index (χ0v) is 5.84. The van der Waals surface area contributed by atoms with Crippen molar-refractivity contribution in [2.45, 2.75) is 0 Å². The van der Waals surface area contributed by atoms with Gasteiger partial charge in [-0.15, -0.1) is 0 Å². The summed E-state index contributed by atoms with van der Waals surface area (Å²) in [4.78, 5) is 17.5. The van der Waals surface area contributed by atoms with Crippen molar-refractivity contribution in [1.29, 1.82) is 0 Å². The summed E-state index contributed by atoms with van der Waals surface area (Å²) in [5, 5.41) is 11.8. The molecule has 0 N–H and O–H groups in total. The van der Waals surface area contributed by atoms with Crippen LogP contribution in [0.25, 0.3) is 0 Å². The second kappa shape index (κ2) is 4.63. The number of hydrogen-bond acceptors (Lipinski definition) is 4. The fourth-order valence-electron chi connectivity index (χ4n) is 0.374. The SMILES string of the molecule is C=O.O=[N+]([O-])c1cccs1. The summed E-state index contributed by atoms with van der Waals surface area (Å²) in [6.07, 6.45) is 0. The number of carbonyl (C=O) groups excluding carboxylic acids is 1. The average molecular weight is 159 g/mol. The van der Waals surface area contributed by atoms with Crippen molar-refractivity contribution in [3.8, 4) is 0 Å². The molecule has 0 radical (unpaired) electrons. The predicted molar refractivity (Wildman–Crippen MR) is 38.1 cm³/mol. The van der Waals surface area contributed by atoms with Crippen molar-refractivity contribution in [2.24, 2.45) is 0 Å². The van der Waals surface area contributed by atoms with E-state index in [1.54, 1.807) is 11.4 Å². The van der Waals surface area contributed by atoms with E-state index < -0.39 is 4.92 Å². The van der Waals surface area contributed by atoms with Crippen molar-refractivity contribution < 1.29 is 9.72 Å². The van der Waals surface area contributed by atoms with Crippen molar-refractivity contribution in [3.05, 3.63) is 27.6 Å². The smallest absolute Gasteiger partial charge is 0.307 e. The molecule has 0 aliphatic rings. The molecule has 0 aromatic carbocycles. The van der Waals surface area contributed by atoms with E-state index in [1.807, 2.05) is 6.79 Å². The van der Waals surface area contributed by atoms with E-state index in [0.29, 0.717) is 0 Å². The molecule has 0 aliphatic heterocycles. The van der Waals surface area contributed by atoms with Gasteiger partial charge < -0.3 is 4.79 Å². The molecule has 5 heteroatoms. The molecule has 0 bridgehead atoms. The maximum absolute atomic E-state index is 9.88. The minimum atomic E-state index is -0.398. The Kier molecular flexibility index (Phi) is 4.06. The van der Waals surface area contributed by atoms with Gasteiger partial charge in [-0.3, -0.25) is 10.1 Å². The second-order valence-corrected chi connectivity index (χ2v) is 2.13. The van der Waals surface area contributed by atoms with Gasteiger partial charge in [0.05, 0.1) is 4.92 Å². The van der Waals surface area contributed by atoms with Crippen LogP contribution in [-0.4, -0.2) is 11.7 Å². The molecule has 10 heavy (non-hydrogen) atoms. The first-order valence-corrected chi connectivity index (χ1v) is 3.15. The van der Waals surface area contributed by atoms with Crippen LogP contribution in [0.5, 0.6) is 0 Å². The van der Waals surface area contributed by atoms with Crippen LogP contribution < -0.4 is 0 Å². The predicted octanol–water partition coefficient (Wildman–Crippen LogP) is 1.47. The third kappa shape index (κ3) is 2.36. The van der Waals surface area contributed by atoms with Crippen LogP contribution in [0.4, 0.5) is 5.00 Å². The number of hydrogen-bond donors (Lipinski definition) is 0. The second-order valence-electron chi connectivity index (χ2n) is 1.21. The van der Waals surface area contributed by atoms with Crippen LogP contribution >= 0.6 is 11.3 Å². The number of nitro groups is 1. The van der Waals surface area contributed by atoms with E-state index in [9.17, 15) is 10.1 Å². The topological polar surface area (TPSA) is 60.2 Å². The minimum absolute atomic E-state index is 0.199. The zero-order valence-electron chi connectivity index (χ0n) is 5.02. The Morgan fingerprint density at radius 1 is 1.60 bits per heavy atom. The Bertz CT molecular complexity index is 197. The lowest BCUT2D eigenvalue weighted by atomic mass is 10.6. The highest BCUT2D eigenvalue weighted by molar-refractivity contribution is 7.13. The van der Waals surface area contributed by atoms with Gasteiger partial charge in [0.1, 0.15) is 6.79 Å². The highest BCUT2D eigenvalue weighted by Gasteiger charge is 2.01. The molecule has 54 valence electrons. The summed E-state index contributed by atoms with van der Waals surface area (Å²) in [7, 11) is 0. The minimum Gasteiger partial charge on any atom is -0.307 e. The fraction of sp³-hybridized carbons (Fsp3) is 0. The molecule has 0 unspecified atom stereocenters.